The normalized spacial score (nSPS) is 12.3. The molecule has 1 unspecified atom stereocenters. The molecule has 6 aromatic rings. The van der Waals surface area contributed by atoms with E-state index in [4.69, 9.17) is 5.73 Å². The second-order valence-corrected chi connectivity index (χ2v) is 11.7. The first-order valence-corrected chi connectivity index (χ1v) is 15.1. The van der Waals surface area contributed by atoms with Crippen LogP contribution in [0.2, 0.25) is 0 Å². The first-order chi connectivity index (χ1) is 20.6. The summed E-state index contributed by atoms with van der Waals surface area (Å²) >= 11 is 0. The van der Waals surface area contributed by atoms with Crippen molar-refractivity contribution in [3.63, 3.8) is 0 Å². The molecule has 0 spiro atoms. The third kappa shape index (κ3) is 5.28. The Morgan fingerprint density at radius 1 is 1.02 bits per heavy atom. The minimum absolute atomic E-state index is 0.0354. The van der Waals surface area contributed by atoms with Gasteiger partial charge < -0.3 is 11.1 Å². The molecule has 216 valence electrons. The van der Waals surface area contributed by atoms with Crippen molar-refractivity contribution in [2.45, 2.75) is 13.0 Å². The fourth-order valence-electron chi connectivity index (χ4n) is 5.11. The van der Waals surface area contributed by atoms with Crippen LogP contribution in [0.15, 0.2) is 96.3 Å². The van der Waals surface area contributed by atoms with Gasteiger partial charge in [0.15, 0.2) is 11.5 Å². The summed E-state index contributed by atoms with van der Waals surface area (Å²) in [6.45, 7) is 1.78. The average Bonchev–Trinajstić information content (AvgIpc) is 3.32. The van der Waals surface area contributed by atoms with Gasteiger partial charge in [0.05, 0.1) is 29.6 Å². The highest BCUT2D eigenvalue weighted by Gasteiger charge is 2.24. The molecule has 0 radical (unpaired) electrons. The Bertz CT molecular complexity index is 2190. The molecule has 0 aliphatic carbocycles. The van der Waals surface area contributed by atoms with Gasteiger partial charge in [0.2, 0.25) is 10.0 Å². The Morgan fingerprint density at radius 3 is 2.58 bits per heavy atom. The van der Waals surface area contributed by atoms with Crippen molar-refractivity contribution in [3.8, 4) is 16.8 Å². The number of pyridine rings is 2. The van der Waals surface area contributed by atoms with E-state index in [2.05, 4.69) is 25.1 Å². The third-order valence-corrected chi connectivity index (χ3v) is 7.49. The summed E-state index contributed by atoms with van der Waals surface area (Å²) in [4.78, 5) is 36.3. The van der Waals surface area contributed by atoms with E-state index in [1.54, 1.807) is 66.5 Å². The maximum atomic E-state index is 14.4. The van der Waals surface area contributed by atoms with Crippen molar-refractivity contribution in [2.24, 2.45) is 0 Å². The molecule has 0 aliphatic heterocycles. The number of nitrogens with zero attached hydrogens (tertiary/aromatic N) is 5. The topological polar surface area (TPSA) is 166 Å². The van der Waals surface area contributed by atoms with Crippen LogP contribution in [0.25, 0.3) is 33.2 Å². The molecule has 12 nitrogen and oxygen atoms in total. The summed E-state index contributed by atoms with van der Waals surface area (Å²) in [6, 6.07) is 19.0. The molecule has 43 heavy (non-hydrogen) atoms. The first kappa shape index (κ1) is 27.6. The van der Waals surface area contributed by atoms with Crippen LogP contribution in [-0.4, -0.2) is 44.7 Å². The molecule has 1 amide bonds. The lowest BCUT2D eigenvalue weighted by Gasteiger charge is -2.21. The summed E-state index contributed by atoms with van der Waals surface area (Å²) < 4.78 is 29.0. The lowest BCUT2D eigenvalue weighted by atomic mass is 9.98. The SMILES string of the molecule is CC(NC(=O)c1c(N)nn2cccnc12)c1cc2cccc(-c3cncc(NS(C)(=O)=O)c3)c2c(=O)n1-c1ccccc1. The van der Waals surface area contributed by atoms with Crippen LogP contribution < -0.4 is 21.3 Å². The molecule has 1 atom stereocenters. The summed E-state index contributed by atoms with van der Waals surface area (Å²) in [7, 11) is -3.53. The molecule has 2 aromatic carbocycles. The number of benzene rings is 2. The highest BCUT2D eigenvalue weighted by atomic mass is 32.2. The summed E-state index contributed by atoms with van der Waals surface area (Å²) in [5.74, 6) is -0.450. The van der Waals surface area contributed by atoms with Crippen LogP contribution in [0.5, 0.6) is 0 Å². The van der Waals surface area contributed by atoms with Crippen LogP contribution in [0.3, 0.4) is 0 Å². The number of anilines is 2. The monoisotopic (exact) mass is 594 g/mol. The Labute approximate surface area is 245 Å². The zero-order chi connectivity index (χ0) is 30.3. The number of fused-ring (bicyclic) bond motifs is 2. The van der Waals surface area contributed by atoms with Crippen molar-refractivity contribution < 1.29 is 13.2 Å². The van der Waals surface area contributed by atoms with Gasteiger partial charge in [-0.2, -0.15) is 0 Å². The van der Waals surface area contributed by atoms with E-state index in [0.717, 1.165) is 6.26 Å². The fourth-order valence-corrected chi connectivity index (χ4v) is 5.65. The molecular formula is C30H26N8O4S. The molecule has 4 aromatic heterocycles. The third-order valence-electron chi connectivity index (χ3n) is 6.88. The number of rotatable bonds is 7. The Hall–Kier alpha value is -5.56. The Kier molecular flexibility index (Phi) is 6.86. The molecule has 0 saturated carbocycles. The summed E-state index contributed by atoms with van der Waals surface area (Å²) in [6.07, 6.45) is 7.22. The molecule has 0 aliphatic rings. The number of aromatic nitrogens is 5. The van der Waals surface area contributed by atoms with Crippen LogP contribution in [0.4, 0.5) is 11.5 Å². The molecule has 0 bridgehead atoms. The number of sulfonamides is 1. The van der Waals surface area contributed by atoms with Crippen molar-refractivity contribution >= 4 is 43.9 Å². The first-order valence-electron chi connectivity index (χ1n) is 13.2. The second-order valence-electron chi connectivity index (χ2n) is 9.99. The van der Waals surface area contributed by atoms with Gasteiger partial charge in [-0.3, -0.25) is 23.9 Å². The largest absolute Gasteiger partial charge is 0.381 e. The lowest BCUT2D eigenvalue weighted by Crippen LogP contribution is -2.32. The molecule has 4 N–H and O–H groups in total. The number of nitrogens with one attached hydrogen (secondary N) is 2. The number of hydrogen-bond donors (Lipinski definition) is 3. The molecule has 0 saturated heterocycles. The Morgan fingerprint density at radius 2 is 1.81 bits per heavy atom. The maximum absolute atomic E-state index is 14.4. The minimum Gasteiger partial charge on any atom is -0.381 e. The fraction of sp³-hybridized carbons (Fsp3) is 0.100. The minimum atomic E-state index is -3.53. The second kappa shape index (κ2) is 10.7. The lowest BCUT2D eigenvalue weighted by molar-refractivity contribution is 0.0941. The van der Waals surface area contributed by atoms with Gasteiger partial charge in [0.1, 0.15) is 5.56 Å². The van der Waals surface area contributed by atoms with E-state index in [-0.39, 0.29) is 22.6 Å². The maximum Gasteiger partial charge on any atom is 0.263 e. The van der Waals surface area contributed by atoms with Gasteiger partial charge in [-0.1, -0.05) is 36.4 Å². The molecular weight excluding hydrogens is 568 g/mol. The van der Waals surface area contributed by atoms with Gasteiger partial charge in [-0.05, 0) is 48.2 Å². The van der Waals surface area contributed by atoms with Crippen LogP contribution in [0, 0.1) is 0 Å². The number of carbonyl (C=O) groups excluding carboxylic acids is 1. The number of nitrogen functional groups attached to an aromatic ring is 1. The quantitative estimate of drug-likeness (QED) is 0.252. The molecule has 0 fully saturated rings. The van der Waals surface area contributed by atoms with Gasteiger partial charge in [0, 0.05) is 35.5 Å². The number of carbonyl (C=O) groups is 1. The van der Waals surface area contributed by atoms with Crippen molar-refractivity contribution in [1.82, 2.24) is 29.5 Å². The number of nitrogens with two attached hydrogens (primary N) is 1. The van der Waals surface area contributed by atoms with E-state index in [1.807, 2.05) is 30.3 Å². The van der Waals surface area contributed by atoms with Crippen molar-refractivity contribution in [2.75, 3.05) is 16.7 Å². The number of para-hydroxylation sites is 1. The van der Waals surface area contributed by atoms with E-state index in [1.165, 1.54) is 10.7 Å². The summed E-state index contributed by atoms with van der Waals surface area (Å²) in [5.41, 5.74) is 8.74. The zero-order valence-corrected chi connectivity index (χ0v) is 23.9. The standard InChI is InChI=1S/C30H26N8O4S/c1-18(34-29(39)26-27(31)35-37-13-7-12-33-28(26)37)24-15-19-8-6-11-23(20-14-21(17-32-16-20)36-43(2,41)42)25(19)30(40)38(24)22-9-4-3-5-10-22/h3-18,36H,1-2H3,(H2,31,35)(H,34,39). The predicted octanol–water partition coefficient (Wildman–Crippen LogP) is 3.54. The molecule has 13 heteroatoms. The van der Waals surface area contributed by atoms with E-state index >= 15 is 0 Å². The molecule has 4 heterocycles. The van der Waals surface area contributed by atoms with Crippen LogP contribution in [-0.2, 0) is 10.0 Å². The number of hydrogen-bond acceptors (Lipinski definition) is 8. The highest BCUT2D eigenvalue weighted by molar-refractivity contribution is 7.92. The van der Waals surface area contributed by atoms with Gasteiger partial charge in [-0.25, -0.2) is 17.9 Å². The van der Waals surface area contributed by atoms with E-state index in [0.29, 0.717) is 38.9 Å². The van der Waals surface area contributed by atoms with Crippen molar-refractivity contribution in [3.05, 3.63) is 113 Å². The van der Waals surface area contributed by atoms with E-state index in [9.17, 15) is 18.0 Å². The summed E-state index contributed by atoms with van der Waals surface area (Å²) in [5, 5.41) is 8.17. The van der Waals surface area contributed by atoms with Crippen molar-refractivity contribution in [1.29, 1.82) is 0 Å². The van der Waals surface area contributed by atoms with Crippen LogP contribution >= 0.6 is 0 Å². The smallest absolute Gasteiger partial charge is 0.263 e. The highest BCUT2D eigenvalue weighted by Crippen LogP contribution is 2.30. The predicted molar refractivity (Wildman–Crippen MR) is 165 cm³/mol. The number of amides is 1. The average molecular weight is 595 g/mol. The van der Waals surface area contributed by atoms with Gasteiger partial charge >= 0.3 is 0 Å². The molecule has 6 rings (SSSR count). The van der Waals surface area contributed by atoms with E-state index < -0.39 is 22.0 Å². The van der Waals surface area contributed by atoms with Gasteiger partial charge in [0.25, 0.3) is 11.5 Å². The zero-order valence-electron chi connectivity index (χ0n) is 23.1. The Balaban J connectivity index is 1.50. The van der Waals surface area contributed by atoms with Crippen LogP contribution in [0.1, 0.15) is 29.0 Å². The van der Waals surface area contributed by atoms with Gasteiger partial charge in [-0.15, -0.1) is 5.10 Å².